The number of hydrogen-bond donors (Lipinski definition) is 0. The first-order valence-corrected chi connectivity index (χ1v) is 16.8. The largest absolute Gasteiger partial charge is 0.481 e. The van der Waals surface area contributed by atoms with Crippen molar-refractivity contribution in [3.63, 3.8) is 0 Å². The van der Waals surface area contributed by atoms with Crippen molar-refractivity contribution in [3.05, 3.63) is 48.0 Å². The number of benzene rings is 3. The van der Waals surface area contributed by atoms with Crippen LogP contribution in [-0.4, -0.2) is 38.4 Å². The number of unbranched alkanes of at least 4 members (excludes halogenated alkanes) is 10. The minimum Gasteiger partial charge on any atom is -0.481 e. The summed E-state index contributed by atoms with van der Waals surface area (Å²) in [5, 5.41) is 3.26. The van der Waals surface area contributed by atoms with Crippen molar-refractivity contribution >= 4 is 33.5 Å². The van der Waals surface area contributed by atoms with Crippen LogP contribution in [0, 0.1) is 0 Å². The van der Waals surface area contributed by atoms with E-state index in [1.807, 2.05) is 30.3 Å². The van der Waals surface area contributed by atoms with Crippen LogP contribution in [-0.2, 0) is 24.5 Å². The molecule has 3 aromatic carbocycles. The first-order chi connectivity index (χ1) is 21.3. The van der Waals surface area contributed by atoms with Gasteiger partial charge in [0.15, 0.2) is 13.2 Å². The van der Waals surface area contributed by atoms with E-state index in [0.717, 1.165) is 52.8 Å². The number of esters is 2. The van der Waals surface area contributed by atoms with Crippen molar-refractivity contribution < 1.29 is 28.5 Å². The molecule has 0 amide bonds. The van der Waals surface area contributed by atoms with Gasteiger partial charge in [0, 0.05) is 21.5 Å². The Hall–Kier alpha value is -3.28. The molecule has 3 rings (SSSR count). The molecule has 0 N–H and O–H groups in total. The van der Waals surface area contributed by atoms with E-state index in [-0.39, 0.29) is 30.6 Å². The quantitative estimate of drug-likeness (QED) is 0.0724. The molecule has 0 heterocycles. The Bertz CT molecular complexity index is 1320. The molecule has 0 spiro atoms. The Morgan fingerprint density at radius 2 is 1.00 bits per heavy atom. The lowest BCUT2D eigenvalue weighted by Crippen LogP contribution is -2.17. The van der Waals surface area contributed by atoms with Gasteiger partial charge in [-0.2, -0.15) is 0 Å². The van der Waals surface area contributed by atoms with E-state index >= 15 is 0 Å². The second-order valence-corrected chi connectivity index (χ2v) is 12.8. The molecule has 0 radical (unpaired) electrons. The van der Waals surface area contributed by atoms with Gasteiger partial charge < -0.3 is 18.9 Å². The van der Waals surface area contributed by atoms with Crippen LogP contribution >= 0.6 is 0 Å². The molecular formula is C38H54O6. The molecule has 0 aliphatic carbocycles. The third-order valence-corrected chi connectivity index (χ3v) is 7.98. The van der Waals surface area contributed by atoms with Crippen molar-refractivity contribution in [1.29, 1.82) is 0 Å². The van der Waals surface area contributed by atoms with Gasteiger partial charge in [0.2, 0.25) is 0 Å². The number of carbonyl (C=O) groups excluding carboxylic acids is 2. The SMILES string of the molecule is CCCCCCCCOC(=O)COc1c2ccccc2c(OCC(=O)OCCCCCCCC)c2cc(C(C)(C)C)ccc12. The van der Waals surface area contributed by atoms with Crippen molar-refractivity contribution in [2.24, 2.45) is 0 Å². The maximum atomic E-state index is 12.6. The minimum atomic E-state index is -0.379. The summed E-state index contributed by atoms with van der Waals surface area (Å²) in [6.07, 6.45) is 13.6. The number of ether oxygens (including phenoxy) is 4. The summed E-state index contributed by atoms with van der Waals surface area (Å²) in [6.45, 7) is 11.3. The van der Waals surface area contributed by atoms with Gasteiger partial charge in [-0.25, -0.2) is 9.59 Å². The number of fused-ring (bicyclic) bond motifs is 2. The molecule has 0 unspecified atom stereocenters. The Morgan fingerprint density at radius 1 is 0.568 bits per heavy atom. The summed E-state index contributed by atoms with van der Waals surface area (Å²) in [7, 11) is 0. The van der Waals surface area contributed by atoms with Crippen LogP contribution in [0.4, 0.5) is 0 Å². The van der Waals surface area contributed by atoms with E-state index in [0.29, 0.717) is 24.7 Å². The normalized spacial score (nSPS) is 11.6. The second kappa shape index (κ2) is 18.5. The molecular weight excluding hydrogens is 552 g/mol. The fraction of sp³-hybridized carbons (Fsp3) is 0.579. The lowest BCUT2D eigenvalue weighted by Gasteiger charge is -2.22. The van der Waals surface area contributed by atoms with Gasteiger partial charge in [-0.05, 0) is 29.9 Å². The summed E-state index contributed by atoms with van der Waals surface area (Å²) < 4.78 is 23.4. The van der Waals surface area contributed by atoms with Gasteiger partial charge in [0.05, 0.1) is 13.2 Å². The van der Waals surface area contributed by atoms with Gasteiger partial charge in [-0.15, -0.1) is 0 Å². The van der Waals surface area contributed by atoms with Crippen LogP contribution in [0.5, 0.6) is 11.5 Å². The fourth-order valence-corrected chi connectivity index (χ4v) is 5.36. The molecule has 0 aliphatic rings. The van der Waals surface area contributed by atoms with Gasteiger partial charge >= 0.3 is 11.9 Å². The highest BCUT2D eigenvalue weighted by atomic mass is 16.6. The van der Waals surface area contributed by atoms with E-state index in [1.54, 1.807) is 0 Å². The van der Waals surface area contributed by atoms with Gasteiger partial charge in [-0.3, -0.25) is 0 Å². The number of rotatable bonds is 20. The van der Waals surface area contributed by atoms with Crippen LogP contribution in [0.1, 0.15) is 117 Å². The molecule has 44 heavy (non-hydrogen) atoms. The summed E-state index contributed by atoms with van der Waals surface area (Å²) in [6, 6.07) is 14.0. The van der Waals surface area contributed by atoms with E-state index in [9.17, 15) is 9.59 Å². The van der Waals surface area contributed by atoms with Gasteiger partial charge in [0.25, 0.3) is 0 Å². The van der Waals surface area contributed by atoms with Crippen LogP contribution in [0.3, 0.4) is 0 Å². The minimum absolute atomic E-state index is 0.103. The zero-order valence-corrected chi connectivity index (χ0v) is 27.8. The molecule has 0 atom stereocenters. The van der Waals surface area contributed by atoms with Crippen molar-refractivity contribution in [3.8, 4) is 11.5 Å². The lowest BCUT2D eigenvalue weighted by molar-refractivity contribution is -0.147. The number of hydrogen-bond acceptors (Lipinski definition) is 6. The van der Waals surface area contributed by atoms with E-state index in [2.05, 4.69) is 46.8 Å². The highest BCUT2D eigenvalue weighted by Crippen LogP contribution is 2.44. The molecule has 242 valence electrons. The van der Waals surface area contributed by atoms with E-state index < -0.39 is 0 Å². The van der Waals surface area contributed by atoms with Gasteiger partial charge in [0.1, 0.15) is 11.5 Å². The smallest absolute Gasteiger partial charge is 0.344 e. The first-order valence-electron chi connectivity index (χ1n) is 16.8. The molecule has 0 bridgehead atoms. The topological polar surface area (TPSA) is 71.1 Å². The molecule has 0 fully saturated rings. The zero-order chi connectivity index (χ0) is 31.8. The predicted molar refractivity (Wildman–Crippen MR) is 180 cm³/mol. The molecule has 0 aromatic heterocycles. The maximum absolute atomic E-state index is 12.6. The van der Waals surface area contributed by atoms with Crippen molar-refractivity contribution in [2.75, 3.05) is 26.4 Å². The van der Waals surface area contributed by atoms with Crippen molar-refractivity contribution in [1.82, 2.24) is 0 Å². The summed E-state index contributed by atoms with van der Waals surface area (Å²) in [5.74, 6) is 0.452. The van der Waals surface area contributed by atoms with Gasteiger partial charge in [-0.1, -0.05) is 135 Å². The highest BCUT2D eigenvalue weighted by Gasteiger charge is 2.21. The predicted octanol–water partition coefficient (Wildman–Crippen LogP) is 9.86. The van der Waals surface area contributed by atoms with Crippen molar-refractivity contribution in [2.45, 2.75) is 117 Å². The lowest BCUT2D eigenvalue weighted by atomic mass is 9.85. The molecule has 3 aromatic rings. The fourth-order valence-electron chi connectivity index (χ4n) is 5.36. The average Bonchev–Trinajstić information content (AvgIpc) is 3.01. The molecule has 6 heteroatoms. The zero-order valence-electron chi connectivity index (χ0n) is 27.8. The highest BCUT2D eigenvalue weighted by molar-refractivity contribution is 6.11. The molecule has 0 aliphatic heterocycles. The van der Waals surface area contributed by atoms with Crippen LogP contribution in [0.15, 0.2) is 42.5 Å². The van der Waals surface area contributed by atoms with E-state index in [4.69, 9.17) is 18.9 Å². The van der Waals surface area contributed by atoms with Crippen LogP contribution in [0.2, 0.25) is 0 Å². The van der Waals surface area contributed by atoms with Crippen LogP contribution < -0.4 is 9.47 Å². The standard InChI is InChI=1S/C38H54O6/c1-6-8-10-12-14-18-24-41-34(39)27-43-36-30-20-16-17-21-31(30)37(33-26-29(38(3,4)5)22-23-32(33)36)44-28-35(40)42-25-19-15-13-11-9-7-2/h16-17,20-23,26H,6-15,18-19,24-25,27-28H2,1-5H3. The third kappa shape index (κ3) is 11.0. The average molecular weight is 607 g/mol. The first kappa shape index (κ1) is 35.2. The molecule has 6 nitrogen and oxygen atoms in total. The number of carbonyl (C=O) groups is 2. The summed E-state index contributed by atoms with van der Waals surface area (Å²) >= 11 is 0. The second-order valence-electron chi connectivity index (χ2n) is 12.8. The summed E-state index contributed by atoms with van der Waals surface area (Å²) in [4.78, 5) is 25.2. The molecule has 0 saturated heterocycles. The Morgan fingerprint density at radius 3 is 1.48 bits per heavy atom. The monoisotopic (exact) mass is 606 g/mol. The Kier molecular flexibility index (Phi) is 14.8. The Labute approximate surface area is 264 Å². The third-order valence-electron chi connectivity index (χ3n) is 7.98. The summed E-state index contributed by atoms with van der Waals surface area (Å²) in [5.41, 5.74) is 1.02. The van der Waals surface area contributed by atoms with Crippen LogP contribution in [0.25, 0.3) is 21.5 Å². The maximum Gasteiger partial charge on any atom is 0.344 e. The van der Waals surface area contributed by atoms with E-state index in [1.165, 1.54) is 51.4 Å². The Balaban J connectivity index is 1.76. The molecule has 0 saturated carbocycles.